The highest BCUT2D eigenvalue weighted by Gasteiger charge is 2.30. The van der Waals surface area contributed by atoms with Gasteiger partial charge in [-0.1, -0.05) is 12.8 Å². The largest absolute Gasteiger partial charge is 0.507 e. The van der Waals surface area contributed by atoms with Crippen LogP contribution in [-0.4, -0.2) is 34.4 Å². The number of hydrogen-bond acceptors (Lipinski definition) is 2. The quantitative estimate of drug-likeness (QED) is 0.616. The minimum Gasteiger partial charge on any atom is -0.507 e. The van der Waals surface area contributed by atoms with E-state index in [0.29, 0.717) is 5.56 Å². The molecule has 1 saturated carbocycles. The first kappa shape index (κ1) is 14.9. The second-order valence-corrected chi connectivity index (χ2v) is 6.75. The van der Waals surface area contributed by atoms with Gasteiger partial charge in [0.15, 0.2) is 0 Å². The molecule has 2 unspecified atom stereocenters. The summed E-state index contributed by atoms with van der Waals surface area (Å²) < 4.78 is 0.929. The van der Waals surface area contributed by atoms with E-state index < -0.39 is 0 Å². The second kappa shape index (κ2) is 6.31. The van der Waals surface area contributed by atoms with Crippen molar-refractivity contribution < 1.29 is 9.90 Å². The predicted molar refractivity (Wildman–Crippen MR) is 84.8 cm³/mol. The maximum Gasteiger partial charge on any atom is 0.257 e. The first-order valence-corrected chi connectivity index (χ1v) is 7.92. The van der Waals surface area contributed by atoms with Gasteiger partial charge in [-0.3, -0.25) is 4.79 Å². The molecule has 0 heterocycles. The van der Waals surface area contributed by atoms with Crippen LogP contribution in [0.25, 0.3) is 0 Å². The molecule has 0 aliphatic heterocycles. The zero-order valence-electron chi connectivity index (χ0n) is 10.8. The number of phenols is 1. The predicted octanol–water partition coefficient (Wildman–Crippen LogP) is 3.62. The van der Waals surface area contributed by atoms with Crippen LogP contribution in [0.5, 0.6) is 5.75 Å². The zero-order chi connectivity index (χ0) is 14.0. The Morgan fingerprint density at radius 2 is 2.11 bits per heavy atom. The van der Waals surface area contributed by atoms with Crippen LogP contribution in [-0.2, 0) is 0 Å². The molecular weight excluding hydrogens is 377 g/mol. The van der Waals surface area contributed by atoms with Gasteiger partial charge < -0.3 is 10.0 Å². The summed E-state index contributed by atoms with van der Waals surface area (Å²) >= 11 is 8.45. The van der Waals surface area contributed by atoms with Crippen molar-refractivity contribution in [3.63, 3.8) is 0 Å². The van der Waals surface area contributed by atoms with Gasteiger partial charge in [0.2, 0.25) is 0 Å². The number of nitrogens with zero attached hydrogens (tertiary/aromatic N) is 1. The van der Waals surface area contributed by atoms with Gasteiger partial charge in [-0.15, -0.1) is 11.6 Å². The van der Waals surface area contributed by atoms with Crippen molar-refractivity contribution in [2.24, 2.45) is 0 Å². The summed E-state index contributed by atoms with van der Waals surface area (Å²) in [6.45, 7) is 0. The average Bonchev–Trinajstić information content (AvgIpc) is 2.40. The Kier molecular flexibility index (Phi) is 4.95. The zero-order valence-corrected chi connectivity index (χ0v) is 13.7. The maximum atomic E-state index is 12.5. The van der Waals surface area contributed by atoms with Gasteiger partial charge in [-0.05, 0) is 53.6 Å². The molecule has 1 fully saturated rings. The summed E-state index contributed by atoms with van der Waals surface area (Å²) in [5, 5.41) is 9.84. The topological polar surface area (TPSA) is 40.5 Å². The Balaban J connectivity index is 2.20. The lowest BCUT2D eigenvalue weighted by atomic mass is 9.93. The summed E-state index contributed by atoms with van der Waals surface area (Å²) in [6, 6.07) is 5.10. The summed E-state index contributed by atoms with van der Waals surface area (Å²) in [5.74, 6) is -0.132. The minimum atomic E-state index is -0.159. The number of carbonyl (C=O) groups is 1. The molecule has 0 aromatic heterocycles. The van der Waals surface area contributed by atoms with Gasteiger partial charge in [0.1, 0.15) is 5.75 Å². The van der Waals surface area contributed by atoms with Crippen LogP contribution in [0.2, 0.25) is 0 Å². The lowest BCUT2D eigenvalue weighted by Gasteiger charge is -2.35. The fourth-order valence-electron chi connectivity index (χ4n) is 2.52. The molecule has 2 atom stereocenters. The molecule has 0 saturated heterocycles. The monoisotopic (exact) mass is 393 g/mol. The van der Waals surface area contributed by atoms with Crippen LogP contribution in [0, 0.1) is 3.57 Å². The van der Waals surface area contributed by atoms with Gasteiger partial charge in [0.25, 0.3) is 5.91 Å². The first-order valence-electron chi connectivity index (χ1n) is 6.40. The minimum absolute atomic E-state index is 0.00706. The van der Waals surface area contributed by atoms with Gasteiger partial charge >= 0.3 is 0 Å². The van der Waals surface area contributed by atoms with Gasteiger partial charge in [0.05, 0.1) is 10.9 Å². The van der Waals surface area contributed by atoms with Crippen LogP contribution >= 0.6 is 34.2 Å². The number of aromatic hydroxyl groups is 1. The Morgan fingerprint density at radius 1 is 1.42 bits per heavy atom. The molecule has 1 aromatic rings. The van der Waals surface area contributed by atoms with Gasteiger partial charge in [-0.25, -0.2) is 0 Å². The molecule has 1 aliphatic carbocycles. The highest BCUT2D eigenvalue weighted by atomic mass is 127. The number of benzene rings is 1. The molecule has 0 spiro atoms. The van der Waals surface area contributed by atoms with Crippen molar-refractivity contribution in [3.8, 4) is 5.75 Å². The standard InChI is InChI=1S/C14H17ClINO2/c1-17(12-5-3-2-4-11(12)15)14(19)10-8-9(16)6-7-13(10)18/h6-8,11-12,18H,2-5H2,1H3. The van der Waals surface area contributed by atoms with E-state index in [1.54, 1.807) is 30.1 Å². The second-order valence-electron chi connectivity index (χ2n) is 4.95. The van der Waals surface area contributed by atoms with Crippen LogP contribution in [0.3, 0.4) is 0 Å². The molecule has 2 rings (SSSR count). The SMILES string of the molecule is CN(C(=O)c1cc(I)ccc1O)C1CCCCC1Cl. The molecular formula is C14H17ClINO2. The molecule has 5 heteroatoms. The van der Waals surface area contributed by atoms with Crippen LogP contribution in [0.4, 0.5) is 0 Å². The number of alkyl halides is 1. The molecule has 0 radical (unpaired) electrons. The third-order valence-corrected chi connectivity index (χ3v) is 4.83. The molecule has 1 N–H and O–H groups in total. The van der Waals surface area contributed by atoms with Crippen LogP contribution in [0.1, 0.15) is 36.0 Å². The number of halogens is 2. The molecule has 104 valence electrons. The van der Waals surface area contributed by atoms with E-state index >= 15 is 0 Å². The van der Waals surface area contributed by atoms with E-state index in [9.17, 15) is 9.90 Å². The Morgan fingerprint density at radius 3 is 2.79 bits per heavy atom. The highest BCUT2D eigenvalue weighted by Crippen LogP contribution is 2.29. The summed E-state index contributed by atoms with van der Waals surface area (Å²) in [4.78, 5) is 14.1. The Labute approximate surface area is 132 Å². The highest BCUT2D eigenvalue weighted by molar-refractivity contribution is 14.1. The third kappa shape index (κ3) is 3.34. The summed E-state index contributed by atoms with van der Waals surface area (Å²) in [6.07, 6.45) is 4.11. The van der Waals surface area contributed by atoms with Crippen molar-refractivity contribution in [3.05, 3.63) is 27.3 Å². The van der Waals surface area contributed by atoms with Crippen molar-refractivity contribution in [2.75, 3.05) is 7.05 Å². The number of amides is 1. The van der Waals surface area contributed by atoms with E-state index in [-0.39, 0.29) is 23.1 Å². The molecule has 1 aromatic carbocycles. The molecule has 1 aliphatic rings. The van der Waals surface area contributed by atoms with E-state index in [4.69, 9.17) is 11.6 Å². The van der Waals surface area contributed by atoms with Crippen LogP contribution in [0.15, 0.2) is 18.2 Å². The lowest BCUT2D eigenvalue weighted by molar-refractivity contribution is 0.0697. The summed E-state index contributed by atoms with van der Waals surface area (Å²) in [7, 11) is 1.77. The first-order chi connectivity index (χ1) is 9.00. The number of hydrogen-bond donors (Lipinski definition) is 1. The van der Waals surface area contributed by atoms with Crippen molar-refractivity contribution in [1.82, 2.24) is 4.90 Å². The van der Waals surface area contributed by atoms with E-state index in [1.807, 2.05) is 0 Å². The lowest BCUT2D eigenvalue weighted by Crippen LogP contribution is -2.44. The van der Waals surface area contributed by atoms with Gasteiger partial charge in [-0.2, -0.15) is 0 Å². The fourth-order valence-corrected chi connectivity index (χ4v) is 3.46. The number of rotatable bonds is 2. The van der Waals surface area contributed by atoms with Crippen molar-refractivity contribution in [1.29, 1.82) is 0 Å². The number of carbonyl (C=O) groups excluding carboxylic acids is 1. The summed E-state index contributed by atoms with van der Waals surface area (Å²) in [5.41, 5.74) is 0.351. The molecule has 1 amide bonds. The molecule has 0 bridgehead atoms. The van der Waals surface area contributed by atoms with Crippen molar-refractivity contribution >= 4 is 40.1 Å². The average molecular weight is 394 g/mol. The van der Waals surface area contributed by atoms with E-state index in [1.165, 1.54) is 0 Å². The van der Waals surface area contributed by atoms with E-state index in [0.717, 1.165) is 29.3 Å². The van der Waals surface area contributed by atoms with Gasteiger partial charge in [0, 0.05) is 16.7 Å². The smallest absolute Gasteiger partial charge is 0.257 e. The Hall–Kier alpha value is -0.490. The van der Waals surface area contributed by atoms with E-state index in [2.05, 4.69) is 22.6 Å². The third-order valence-electron chi connectivity index (χ3n) is 3.65. The number of phenolic OH excluding ortho intramolecular Hbond substituents is 1. The fraction of sp³-hybridized carbons (Fsp3) is 0.500. The Bertz CT molecular complexity index is 481. The molecule has 19 heavy (non-hydrogen) atoms. The molecule has 3 nitrogen and oxygen atoms in total. The van der Waals surface area contributed by atoms with Crippen molar-refractivity contribution in [2.45, 2.75) is 37.1 Å². The normalized spacial score (nSPS) is 23.1. The maximum absolute atomic E-state index is 12.5. The van der Waals surface area contributed by atoms with Crippen LogP contribution < -0.4 is 0 Å².